The van der Waals surface area contributed by atoms with E-state index >= 15 is 0 Å². The van der Waals surface area contributed by atoms with Crippen LogP contribution < -0.4 is 9.47 Å². The molecule has 3 aromatic rings. The SMILES string of the molecule is Cc1cc(C(=O)COC(=O)Cc2ccc(Br)cc2)c(C)n1C[C@H]1COc2ccccc2O1. The second kappa shape index (κ2) is 9.61. The van der Waals surface area contributed by atoms with Gasteiger partial charge in [-0.2, -0.15) is 0 Å². The number of fused-ring (bicyclic) bond motifs is 1. The summed E-state index contributed by atoms with van der Waals surface area (Å²) in [6.07, 6.45) is -0.0403. The molecular formula is C25H24BrNO5. The van der Waals surface area contributed by atoms with Crippen LogP contribution in [-0.2, 0) is 22.5 Å². The average molecular weight is 498 g/mol. The van der Waals surface area contributed by atoms with Crippen molar-refractivity contribution in [1.82, 2.24) is 4.57 Å². The summed E-state index contributed by atoms with van der Waals surface area (Å²) in [7, 11) is 0. The first-order valence-corrected chi connectivity index (χ1v) is 11.2. The number of esters is 1. The molecule has 2 heterocycles. The maximum Gasteiger partial charge on any atom is 0.310 e. The summed E-state index contributed by atoms with van der Waals surface area (Å²) < 4.78 is 20.1. The van der Waals surface area contributed by atoms with Crippen molar-refractivity contribution in [2.75, 3.05) is 13.2 Å². The van der Waals surface area contributed by atoms with Gasteiger partial charge in [0.25, 0.3) is 0 Å². The molecular weight excluding hydrogens is 474 g/mol. The fraction of sp³-hybridized carbons (Fsp3) is 0.280. The number of hydrogen-bond donors (Lipinski definition) is 0. The van der Waals surface area contributed by atoms with Gasteiger partial charge in [0.05, 0.1) is 13.0 Å². The van der Waals surface area contributed by atoms with Crippen LogP contribution in [-0.4, -0.2) is 35.6 Å². The molecule has 166 valence electrons. The van der Waals surface area contributed by atoms with E-state index in [1.807, 2.05) is 73.0 Å². The number of ether oxygens (including phenoxy) is 3. The van der Waals surface area contributed by atoms with Gasteiger partial charge in [-0.3, -0.25) is 9.59 Å². The predicted molar refractivity (Wildman–Crippen MR) is 123 cm³/mol. The summed E-state index contributed by atoms with van der Waals surface area (Å²) in [6, 6.07) is 16.8. The van der Waals surface area contributed by atoms with Gasteiger partial charge in [0.15, 0.2) is 24.2 Å². The van der Waals surface area contributed by atoms with E-state index in [-0.39, 0.29) is 24.9 Å². The number of carbonyl (C=O) groups is 2. The molecule has 0 amide bonds. The zero-order chi connectivity index (χ0) is 22.7. The number of rotatable bonds is 7. The lowest BCUT2D eigenvalue weighted by atomic mass is 10.1. The maximum absolute atomic E-state index is 12.7. The van der Waals surface area contributed by atoms with Crippen LogP contribution in [0.25, 0.3) is 0 Å². The number of carbonyl (C=O) groups excluding carboxylic acids is 2. The molecule has 4 rings (SSSR count). The maximum atomic E-state index is 12.7. The average Bonchev–Trinajstić information content (AvgIpc) is 3.07. The minimum absolute atomic E-state index is 0.125. The molecule has 0 aliphatic carbocycles. The van der Waals surface area contributed by atoms with E-state index in [0.717, 1.165) is 32.9 Å². The molecule has 0 unspecified atom stereocenters. The Morgan fingerprint density at radius 3 is 2.56 bits per heavy atom. The number of aromatic nitrogens is 1. The van der Waals surface area contributed by atoms with Gasteiger partial charge in [0.1, 0.15) is 6.61 Å². The van der Waals surface area contributed by atoms with E-state index in [1.54, 1.807) is 0 Å². The summed E-state index contributed by atoms with van der Waals surface area (Å²) >= 11 is 3.36. The van der Waals surface area contributed by atoms with Crippen molar-refractivity contribution in [3.05, 3.63) is 81.6 Å². The minimum Gasteiger partial charge on any atom is -0.486 e. The van der Waals surface area contributed by atoms with Crippen molar-refractivity contribution < 1.29 is 23.8 Å². The van der Waals surface area contributed by atoms with Gasteiger partial charge >= 0.3 is 5.97 Å². The molecule has 1 atom stereocenters. The lowest BCUT2D eigenvalue weighted by Gasteiger charge is -2.27. The number of ketones is 1. The molecule has 32 heavy (non-hydrogen) atoms. The molecule has 0 saturated heterocycles. The van der Waals surface area contributed by atoms with Crippen molar-refractivity contribution in [2.24, 2.45) is 0 Å². The third kappa shape index (κ3) is 5.05. The monoisotopic (exact) mass is 497 g/mol. The molecule has 0 N–H and O–H groups in total. The third-order valence-corrected chi connectivity index (χ3v) is 5.98. The molecule has 7 heteroatoms. The van der Waals surface area contributed by atoms with Crippen molar-refractivity contribution >= 4 is 27.7 Å². The van der Waals surface area contributed by atoms with Crippen LogP contribution >= 0.6 is 15.9 Å². The molecule has 6 nitrogen and oxygen atoms in total. The number of para-hydroxylation sites is 2. The Labute approximate surface area is 195 Å². The van der Waals surface area contributed by atoms with Crippen molar-refractivity contribution in [2.45, 2.75) is 32.9 Å². The lowest BCUT2D eigenvalue weighted by molar-refractivity contribution is -0.141. The van der Waals surface area contributed by atoms with Crippen LogP contribution in [0.15, 0.2) is 59.1 Å². The zero-order valence-electron chi connectivity index (χ0n) is 18.0. The minimum atomic E-state index is -0.430. The highest BCUT2D eigenvalue weighted by Crippen LogP contribution is 2.31. The molecule has 0 saturated carbocycles. The molecule has 0 bridgehead atoms. The van der Waals surface area contributed by atoms with E-state index in [2.05, 4.69) is 15.9 Å². The predicted octanol–water partition coefficient (Wildman–Crippen LogP) is 4.68. The van der Waals surface area contributed by atoms with Gasteiger partial charge in [-0.25, -0.2) is 0 Å². The fourth-order valence-electron chi connectivity index (χ4n) is 3.76. The number of benzene rings is 2. The lowest BCUT2D eigenvalue weighted by Crippen LogP contribution is -2.33. The van der Waals surface area contributed by atoms with Crippen LogP contribution in [0, 0.1) is 13.8 Å². The fourth-order valence-corrected chi connectivity index (χ4v) is 4.03. The topological polar surface area (TPSA) is 66.8 Å². The van der Waals surface area contributed by atoms with E-state index in [0.29, 0.717) is 18.7 Å². The molecule has 0 radical (unpaired) electrons. The standard InChI is InChI=1S/C25H24BrNO5/c1-16-11-21(22(28)15-31-25(29)12-18-7-9-19(26)10-8-18)17(2)27(16)13-20-14-30-23-5-3-4-6-24(23)32-20/h3-11,20H,12-15H2,1-2H3/t20-/m0/s1. The van der Waals surface area contributed by atoms with Gasteiger partial charge in [-0.05, 0) is 49.7 Å². The Kier molecular flexibility index (Phi) is 6.65. The van der Waals surface area contributed by atoms with Crippen LogP contribution in [0.1, 0.15) is 27.3 Å². The zero-order valence-corrected chi connectivity index (χ0v) is 19.6. The third-order valence-electron chi connectivity index (χ3n) is 5.45. The highest BCUT2D eigenvalue weighted by molar-refractivity contribution is 9.10. The molecule has 1 aliphatic heterocycles. The Bertz CT molecular complexity index is 1140. The first-order chi connectivity index (χ1) is 15.4. The Morgan fingerprint density at radius 1 is 1.09 bits per heavy atom. The summed E-state index contributed by atoms with van der Waals surface area (Å²) in [5, 5.41) is 0. The summed E-state index contributed by atoms with van der Waals surface area (Å²) in [6.45, 7) is 4.55. The molecule has 2 aromatic carbocycles. The van der Waals surface area contributed by atoms with Gasteiger partial charge in [-0.1, -0.05) is 40.2 Å². The molecule has 0 fully saturated rings. The highest BCUT2D eigenvalue weighted by Gasteiger charge is 2.24. The Morgan fingerprint density at radius 2 is 1.81 bits per heavy atom. The van der Waals surface area contributed by atoms with Crippen LogP contribution in [0.3, 0.4) is 0 Å². The highest BCUT2D eigenvalue weighted by atomic mass is 79.9. The van der Waals surface area contributed by atoms with E-state index < -0.39 is 5.97 Å². The van der Waals surface area contributed by atoms with Gasteiger partial charge in [0.2, 0.25) is 5.78 Å². The van der Waals surface area contributed by atoms with Crippen molar-refractivity contribution in [1.29, 1.82) is 0 Å². The second-order valence-electron chi connectivity index (χ2n) is 7.78. The first kappa shape index (κ1) is 22.1. The van der Waals surface area contributed by atoms with Crippen LogP contribution in [0.4, 0.5) is 0 Å². The molecule has 1 aromatic heterocycles. The number of hydrogen-bond acceptors (Lipinski definition) is 5. The number of aryl methyl sites for hydroxylation is 1. The summed E-state index contributed by atoms with van der Waals surface area (Å²) in [5.41, 5.74) is 3.14. The van der Waals surface area contributed by atoms with Gasteiger partial charge < -0.3 is 18.8 Å². The summed E-state index contributed by atoms with van der Waals surface area (Å²) in [5.74, 6) is 0.811. The molecule has 1 aliphatic rings. The number of nitrogens with zero attached hydrogens (tertiary/aromatic N) is 1. The normalized spacial score (nSPS) is 14.8. The van der Waals surface area contributed by atoms with Gasteiger partial charge in [-0.15, -0.1) is 0 Å². The van der Waals surface area contributed by atoms with E-state index in [9.17, 15) is 9.59 Å². The summed E-state index contributed by atoms with van der Waals surface area (Å²) in [4.78, 5) is 24.9. The quantitative estimate of drug-likeness (QED) is 0.350. The van der Waals surface area contributed by atoms with Gasteiger partial charge in [0, 0.05) is 21.4 Å². The molecule has 0 spiro atoms. The first-order valence-electron chi connectivity index (χ1n) is 10.4. The number of Topliss-reactive ketones (excluding diaryl/α,β-unsaturated/α-hetero) is 1. The van der Waals surface area contributed by atoms with Crippen LogP contribution in [0.5, 0.6) is 11.5 Å². The van der Waals surface area contributed by atoms with Crippen LogP contribution in [0.2, 0.25) is 0 Å². The second-order valence-corrected chi connectivity index (χ2v) is 8.70. The van der Waals surface area contributed by atoms with Crippen molar-refractivity contribution in [3.8, 4) is 11.5 Å². The van der Waals surface area contributed by atoms with E-state index in [1.165, 1.54) is 0 Å². The van der Waals surface area contributed by atoms with Crippen molar-refractivity contribution in [3.63, 3.8) is 0 Å². The van der Waals surface area contributed by atoms with E-state index in [4.69, 9.17) is 14.2 Å². The number of halogens is 1. The smallest absolute Gasteiger partial charge is 0.310 e. The largest absolute Gasteiger partial charge is 0.486 e. The Hall–Kier alpha value is -3.06. The Balaban J connectivity index is 1.36.